The largest absolute Gasteiger partial charge is 0.355 e. The third kappa shape index (κ3) is 4.10. The Bertz CT molecular complexity index is 910. The molecule has 0 aliphatic rings. The van der Waals surface area contributed by atoms with Crippen LogP contribution >= 0.6 is 11.8 Å². The second-order valence-electron chi connectivity index (χ2n) is 7.24. The molecule has 3 aromatic rings. The smallest absolute Gasteiger partial charge is 0.225 e. The number of para-hydroxylation sites is 1. The van der Waals surface area contributed by atoms with Gasteiger partial charge in [-0.3, -0.25) is 4.79 Å². The fourth-order valence-electron chi connectivity index (χ4n) is 2.67. The Morgan fingerprint density at radius 2 is 1.81 bits per heavy atom. The van der Waals surface area contributed by atoms with Gasteiger partial charge < -0.3 is 10.3 Å². The van der Waals surface area contributed by atoms with Crippen LogP contribution < -0.4 is 5.32 Å². The number of hydrogen-bond donors (Lipinski definition) is 2. The number of benzene rings is 2. The highest BCUT2D eigenvalue weighted by Crippen LogP contribution is 2.37. The Morgan fingerprint density at radius 3 is 2.50 bits per heavy atom. The monoisotopic (exact) mass is 370 g/mol. The van der Waals surface area contributed by atoms with Crippen molar-refractivity contribution in [2.75, 3.05) is 12.3 Å². The zero-order chi connectivity index (χ0) is 18.7. The summed E-state index contributed by atoms with van der Waals surface area (Å²) in [5, 5.41) is 4.12. The Labute approximate surface area is 157 Å². The summed E-state index contributed by atoms with van der Waals surface area (Å²) in [6, 6.07) is 14.6. The SMILES string of the molecule is CC(C)(C)C(=O)NCCSc1c(-c2ccc(F)cc2)[nH]c2ccccc12. The molecule has 26 heavy (non-hydrogen) atoms. The van der Waals surface area contributed by atoms with Crippen molar-refractivity contribution in [1.82, 2.24) is 10.3 Å². The Hall–Kier alpha value is -2.27. The average molecular weight is 370 g/mol. The molecule has 136 valence electrons. The number of aromatic nitrogens is 1. The fourth-order valence-corrected chi connectivity index (χ4v) is 3.72. The van der Waals surface area contributed by atoms with Gasteiger partial charge in [-0.1, -0.05) is 39.0 Å². The maximum absolute atomic E-state index is 13.3. The van der Waals surface area contributed by atoms with Crippen LogP contribution in [0.1, 0.15) is 20.8 Å². The highest BCUT2D eigenvalue weighted by Gasteiger charge is 2.20. The van der Waals surface area contributed by atoms with Crippen LogP contribution in [0.2, 0.25) is 0 Å². The molecule has 0 atom stereocenters. The predicted molar refractivity (Wildman–Crippen MR) is 107 cm³/mol. The summed E-state index contributed by atoms with van der Waals surface area (Å²) in [6.07, 6.45) is 0. The van der Waals surface area contributed by atoms with Gasteiger partial charge in [0.15, 0.2) is 0 Å². The van der Waals surface area contributed by atoms with Crippen molar-refractivity contribution in [3.05, 3.63) is 54.3 Å². The molecule has 2 N–H and O–H groups in total. The van der Waals surface area contributed by atoms with E-state index >= 15 is 0 Å². The van der Waals surface area contributed by atoms with Crippen molar-refractivity contribution < 1.29 is 9.18 Å². The lowest BCUT2D eigenvalue weighted by atomic mass is 9.96. The summed E-state index contributed by atoms with van der Waals surface area (Å²) in [5.74, 6) is 0.567. The molecule has 0 radical (unpaired) electrons. The van der Waals surface area contributed by atoms with Crippen LogP contribution in [0.4, 0.5) is 4.39 Å². The van der Waals surface area contributed by atoms with E-state index in [1.54, 1.807) is 23.9 Å². The summed E-state index contributed by atoms with van der Waals surface area (Å²) in [7, 11) is 0. The fraction of sp³-hybridized carbons (Fsp3) is 0.286. The minimum atomic E-state index is -0.384. The van der Waals surface area contributed by atoms with Gasteiger partial charge >= 0.3 is 0 Å². The van der Waals surface area contributed by atoms with Crippen LogP contribution in [0, 0.1) is 11.2 Å². The summed E-state index contributed by atoms with van der Waals surface area (Å²) >= 11 is 1.70. The highest BCUT2D eigenvalue weighted by atomic mass is 32.2. The Balaban J connectivity index is 1.81. The number of carbonyl (C=O) groups is 1. The standard InChI is InChI=1S/C21H23FN2OS/c1-21(2,3)20(25)23-12-13-26-19-16-6-4-5-7-17(16)24-18(19)14-8-10-15(22)11-9-14/h4-11,24H,12-13H2,1-3H3,(H,23,25). The van der Waals surface area contributed by atoms with Gasteiger partial charge in [-0.25, -0.2) is 4.39 Å². The topological polar surface area (TPSA) is 44.9 Å². The van der Waals surface area contributed by atoms with Crippen molar-refractivity contribution in [1.29, 1.82) is 0 Å². The summed E-state index contributed by atoms with van der Waals surface area (Å²) in [5.41, 5.74) is 2.60. The van der Waals surface area contributed by atoms with Gasteiger partial charge in [0.1, 0.15) is 5.82 Å². The third-order valence-electron chi connectivity index (χ3n) is 4.11. The lowest BCUT2D eigenvalue weighted by Crippen LogP contribution is -2.36. The Morgan fingerprint density at radius 1 is 1.12 bits per heavy atom. The molecule has 1 heterocycles. The molecule has 0 bridgehead atoms. The molecule has 5 heteroatoms. The molecule has 0 unspecified atom stereocenters. The molecule has 0 fully saturated rings. The van der Waals surface area contributed by atoms with E-state index in [2.05, 4.69) is 16.4 Å². The predicted octanol–water partition coefficient (Wildman–Crippen LogP) is 5.23. The van der Waals surface area contributed by atoms with Gasteiger partial charge in [0, 0.05) is 33.5 Å². The number of halogens is 1. The van der Waals surface area contributed by atoms with Gasteiger partial charge in [0.05, 0.1) is 5.69 Å². The van der Waals surface area contributed by atoms with Crippen LogP contribution in [0.5, 0.6) is 0 Å². The highest BCUT2D eigenvalue weighted by molar-refractivity contribution is 7.99. The van der Waals surface area contributed by atoms with Gasteiger partial charge in [0.25, 0.3) is 0 Å². The number of H-pyrrole nitrogens is 1. The molecule has 2 aromatic carbocycles. The van der Waals surface area contributed by atoms with Crippen LogP contribution in [0.3, 0.4) is 0 Å². The molecular formula is C21H23FN2OS. The van der Waals surface area contributed by atoms with Crippen LogP contribution in [0.25, 0.3) is 22.2 Å². The van der Waals surface area contributed by atoms with E-state index in [4.69, 9.17) is 0 Å². The van der Waals surface area contributed by atoms with Gasteiger partial charge in [0.2, 0.25) is 5.91 Å². The third-order valence-corrected chi connectivity index (χ3v) is 5.23. The summed E-state index contributed by atoms with van der Waals surface area (Å²) in [4.78, 5) is 16.6. The van der Waals surface area contributed by atoms with E-state index in [0.717, 1.165) is 32.8 Å². The number of carbonyl (C=O) groups excluding carboxylic acids is 1. The number of aromatic amines is 1. The molecule has 0 saturated carbocycles. The normalized spacial score (nSPS) is 11.7. The molecule has 3 rings (SSSR count). The molecule has 3 nitrogen and oxygen atoms in total. The van der Waals surface area contributed by atoms with Crippen LogP contribution in [-0.4, -0.2) is 23.2 Å². The lowest BCUT2D eigenvalue weighted by molar-refractivity contribution is -0.128. The zero-order valence-electron chi connectivity index (χ0n) is 15.2. The molecule has 1 amide bonds. The van der Waals surface area contributed by atoms with Crippen molar-refractivity contribution in [3.8, 4) is 11.3 Å². The number of hydrogen-bond acceptors (Lipinski definition) is 2. The second-order valence-corrected chi connectivity index (χ2v) is 8.34. The minimum absolute atomic E-state index is 0.0517. The van der Waals surface area contributed by atoms with Crippen molar-refractivity contribution in [2.45, 2.75) is 25.7 Å². The van der Waals surface area contributed by atoms with E-state index in [-0.39, 0.29) is 17.1 Å². The van der Waals surface area contributed by atoms with Gasteiger partial charge in [-0.05, 0) is 35.9 Å². The van der Waals surface area contributed by atoms with E-state index in [9.17, 15) is 9.18 Å². The van der Waals surface area contributed by atoms with E-state index in [1.165, 1.54) is 12.1 Å². The molecule has 0 saturated heterocycles. The first-order chi connectivity index (χ1) is 12.4. The van der Waals surface area contributed by atoms with Crippen LogP contribution in [0.15, 0.2) is 53.4 Å². The van der Waals surface area contributed by atoms with Crippen molar-refractivity contribution >= 4 is 28.6 Å². The first-order valence-electron chi connectivity index (χ1n) is 8.64. The number of thioether (sulfide) groups is 1. The number of rotatable bonds is 5. The lowest BCUT2D eigenvalue weighted by Gasteiger charge is -2.17. The second kappa shape index (κ2) is 7.54. The van der Waals surface area contributed by atoms with E-state index in [0.29, 0.717) is 6.54 Å². The summed E-state index contributed by atoms with van der Waals surface area (Å²) in [6.45, 7) is 6.31. The Kier molecular flexibility index (Phi) is 5.37. The first-order valence-corrected chi connectivity index (χ1v) is 9.62. The van der Waals surface area contributed by atoms with Gasteiger partial charge in [-0.15, -0.1) is 11.8 Å². The molecular weight excluding hydrogens is 347 g/mol. The maximum atomic E-state index is 13.3. The maximum Gasteiger partial charge on any atom is 0.225 e. The van der Waals surface area contributed by atoms with E-state index in [1.807, 2.05) is 39.0 Å². The molecule has 0 aliphatic carbocycles. The minimum Gasteiger partial charge on any atom is -0.355 e. The van der Waals surface area contributed by atoms with E-state index < -0.39 is 0 Å². The number of nitrogens with one attached hydrogen (secondary N) is 2. The van der Waals surface area contributed by atoms with Crippen molar-refractivity contribution in [2.24, 2.45) is 5.41 Å². The van der Waals surface area contributed by atoms with Gasteiger partial charge in [-0.2, -0.15) is 0 Å². The zero-order valence-corrected chi connectivity index (χ0v) is 16.0. The van der Waals surface area contributed by atoms with Crippen LogP contribution in [-0.2, 0) is 4.79 Å². The average Bonchev–Trinajstić information content (AvgIpc) is 2.97. The molecule has 0 aliphatic heterocycles. The molecule has 1 aromatic heterocycles. The first kappa shape index (κ1) is 18.5. The van der Waals surface area contributed by atoms with Crippen molar-refractivity contribution in [3.63, 3.8) is 0 Å². The summed E-state index contributed by atoms with van der Waals surface area (Å²) < 4.78 is 13.3. The number of amides is 1. The molecule has 0 spiro atoms. The number of fused-ring (bicyclic) bond motifs is 1. The quantitative estimate of drug-likeness (QED) is 0.477.